The highest BCUT2D eigenvalue weighted by molar-refractivity contribution is 6.05. The number of nitrogens with zero attached hydrogens (tertiary/aromatic N) is 1. The predicted octanol–water partition coefficient (Wildman–Crippen LogP) is 0.127. The zero-order valence-corrected chi connectivity index (χ0v) is 14.7. The van der Waals surface area contributed by atoms with Gasteiger partial charge in [-0.25, -0.2) is 0 Å². The number of aliphatic hydroxyl groups is 1. The van der Waals surface area contributed by atoms with Crippen molar-refractivity contribution in [1.82, 2.24) is 10.6 Å². The van der Waals surface area contributed by atoms with E-state index in [-0.39, 0.29) is 17.7 Å². The van der Waals surface area contributed by atoms with Crippen LogP contribution in [0.15, 0.2) is 24.3 Å². The number of nitro benzene ring substituents is 1. The highest BCUT2D eigenvalue weighted by atomic mass is 16.6. The Balaban J connectivity index is 2.69. The number of hydrogen-bond acceptors (Lipinski definition) is 6. The van der Waals surface area contributed by atoms with Crippen molar-refractivity contribution in [3.63, 3.8) is 0 Å². The molecule has 2 amide bonds. The third-order valence-corrected chi connectivity index (χ3v) is 4.79. The molecule has 1 aliphatic carbocycles. The van der Waals surface area contributed by atoms with Crippen molar-refractivity contribution in [1.29, 1.82) is 0 Å². The Morgan fingerprint density at radius 3 is 2.42 bits per heavy atom. The average molecular weight is 363 g/mol. The third-order valence-electron chi connectivity index (χ3n) is 4.79. The fraction of sp³-hybridized carbons (Fsp3) is 0.471. The summed E-state index contributed by atoms with van der Waals surface area (Å²) in [6.45, 7) is 1.36. The van der Waals surface area contributed by atoms with Crippen LogP contribution in [0.3, 0.4) is 0 Å². The first kappa shape index (κ1) is 19.5. The number of non-ortho nitro benzene ring substituents is 1. The fourth-order valence-electron chi connectivity index (χ4n) is 3.65. The summed E-state index contributed by atoms with van der Waals surface area (Å²) >= 11 is 0. The number of nitro groups is 1. The molecule has 2 rings (SSSR count). The first-order chi connectivity index (χ1) is 12.1. The Morgan fingerprint density at radius 2 is 1.88 bits per heavy atom. The van der Waals surface area contributed by atoms with Crippen LogP contribution in [-0.4, -0.2) is 47.3 Å². The highest BCUT2D eigenvalue weighted by Gasteiger charge is 2.55. The van der Waals surface area contributed by atoms with E-state index in [1.54, 1.807) is 0 Å². The Morgan fingerprint density at radius 1 is 1.27 bits per heavy atom. The second kappa shape index (κ2) is 7.20. The van der Waals surface area contributed by atoms with Crippen LogP contribution < -0.4 is 10.6 Å². The minimum atomic E-state index is -1.70. The van der Waals surface area contributed by atoms with Gasteiger partial charge in [0.15, 0.2) is 0 Å². The van der Waals surface area contributed by atoms with Gasteiger partial charge in [0.25, 0.3) is 5.69 Å². The van der Waals surface area contributed by atoms with Crippen molar-refractivity contribution in [2.75, 3.05) is 14.1 Å². The molecule has 0 saturated heterocycles. The molecular formula is C17H21N3O6. The van der Waals surface area contributed by atoms with Gasteiger partial charge in [0, 0.05) is 38.6 Å². The van der Waals surface area contributed by atoms with Gasteiger partial charge >= 0.3 is 0 Å². The van der Waals surface area contributed by atoms with Crippen LogP contribution in [0.1, 0.15) is 24.8 Å². The molecule has 0 aliphatic heterocycles. The maximum absolute atomic E-state index is 12.6. The molecule has 0 spiro atoms. The molecule has 1 aromatic rings. The number of hydrogen-bond donors (Lipinski definition) is 3. The van der Waals surface area contributed by atoms with Gasteiger partial charge in [-0.3, -0.25) is 24.5 Å². The molecule has 3 N–H and O–H groups in total. The monoisotopic (exact) mass is 363 g/mol. The molecule has 0 bridgehead atoms. The predicted molar refractivity (Wildman–Crippen MR) is 91.2 cm³/mol. The summed E-state index contributed by atoms with van der Waals surface area (Å²) in [4.78, 5) is 48.0. The molecule has 0 radical (unpaired) electrons. The minimum Gasteiger partial charge on any atom is -0.389 e. The molecule has 4 atom stereocenters. The smallest absolute Gasteiger partial charge is 0.269 e. The van der Waals surface area contributed by atoms with E-state index in [2.05, 4.69) is 10.6 Å². The van der Waals surface area contributed by atoms with Gasteiger partial charge in [0.1, 0.15) is 11.7 Å². The average Bonchev–Trinajstić information content (AvgIpc) is 2.59. The zero-order chi connectivity index (χ0) is 19.6. The van der Waals surface area contributed by atoms with E-state index in [9.17, 15) is 29.6 Å². The van der Waals surface area contributed by atoms with Crippen LogP contribution in [0.5, 0.6) is 0 Å². The Labute approximate surface area is 149 Å². The largest absolute Gasteiger partial charge is 0.389 e. The number of Topliss-reactive ketones (excluding diaryl/α,β-unsaturated/α-hetero) is 1. The molecule has 1 aliphatic rings. The summed E-state index contributed by atoms with van der Waals surface area (Å²) in [6, 6.07) is 5.43. The maximum Gasteiger partial charge on any atom is 0.269 e. The standard InChI is InChI=1S/C17H21N3O6/c1-17(24)8-11(21)13(15(22)18-2)12(14(17)16(23)19-3)9-5-4-6-10(7-9)20(25)26/h4-7,12-14,24H,8H2,1-3H3,(H,18,22)(H,19,23)/t12-,13+,14+,17+/m0/s1. The Bertz CT molecular complexity index is 761. The fourth-order valence-corrected chi connectivity index (χ4v) is 3.65. The highest BCUT2D eigenvalue weighted by Crippen LogP contribution is 2.46. The van der Waals surface area contributed by atoms with Crippen LogP contribution in [0.25, 0.3) is 0 Å². The molecule has 1 saturated carbocycles. The quantitative estimate of drug-likeness (QED) is 0.395. The summed E-state index contributed by atoms with van der Waals surface area (Å²) in [6.07, 6.45) is -0.366. The second-order valence-electron chi connectivity index (χ2n) is 6.56. The molecule has 140 valence electrons. The molecule has 9 nitrogen and oxygen atoms in total. The van der Waals surface area contributed by atoms with E-state index < -0.39 is 45.9 Å². The van der Waals surface area contributed by atoms with Crippen LogP contribution in [-0.2, 0) is 14.4 Å². The van der Waals surface area contributed by atoms with Crippen LogP contribution in [0, 0.1) is 22.0 Å². The number of nitrogens with one attached hydrogen (secondary N) is 2. The van der Waals surface area contributed by atoms with Crippen LogP contribution >= 0.6 is 0 Å². The normalized spacial score (nSPS) is 28.3. The lowest BCUT2D eigenvalue weighted by Gasteiger charge is -2.44. The van der Waals surface area contributed by atoms with Gasteiger partial charge in [-0.15, -0.1) is 0 Å². The summed E-state index contributed by atoms with van der Waals surface area (Å²) in [5, 5.41) is 26.7. The lowest BCUT2D eigenvalue weighted by molar-refractivity contribution is -0.385. The van der Waals surface area contributed by atoms with Gasteiger partial charge in [0.2, 0.25) is 11.8 Å². The van der Waals surface area contributed by atoms with Crippen LogP contribution in [0.4, 0.5) is 5.69 Å². The van der Waals surface area contributed by atoms with E-state index in [0.717, 1.165) is 0 Å². The minimum absolute atomic E-state index is 0.230. The molecule has 0 aromatic heterocycles. The number of benzene rings is 1. The molecular weight excluding hydrogens is 342 g/mol. The number of carbonyl (C=O) groups excluding carboxylic acids is 3. The SMILES string of the molecule is CNC(=O)[C@@H]1C(=O)C[C@@](C)(O)[C@@H](C(=O)NC)[C@H]1c1cccc([N+](=O)[O-])c1. The lowest BCUT2D eigenvalue weighted by Crippen LogP contribution is -2.57. The molecule has 1 aromatic carbocycles. The van der Waals surface area contributed by atoms with E-state index >= 15 is 0 Å². The number of rotatable bonds is 4. The van der Waals surface area contributed by atoms with Crippen molar-refractivity contribution in [3.05, 3.63) is 39.9 Å². The van der Waals surface area contributed by atoms with E-state index in [0.29, 0.717) is 0 Å². The van der Waals surface area contributed by atoms with E-state index in [1.165, 1.54) is 45.3 Å². The van der Waals surface area contributed by atoms with Gasteiger partial charge in [-0.2, -0.15) is 0 Å². The number of amides is 2. The molecule has 0 heterocycles. The molecule has 26 heavy (non-hydrogen) atoms. The van der Waals surface area contributed by atoms with Crippen molar-refractivity contribution < 1.29 is 24.4 Å². The summed E-state index contributed by atoms with van der Waals surface area (Å²) in [7, 11) is 2.75. The van der Waals surface area contributed by atoms with Crippen molar-refractivity contribution in [3.8, 4) is 0 Å². The van der Waals surface area contributed by atoms with Crippen molar-refractivity contribution in [2.45, 2.75) is 24.9 Å². The first-order valence-corrected chi connectivity index (χ1v) is 8.06. The van der Waals surface area contributed by atoms with Gasteiger partial charge in [-0.05, 0) is 12.5 Å². The number of carbonyl (C=O) groups is 3. The molecule has 9 heteroatoms. The maximum atomic E-state index is 12.6. The van der Waals surface area contributed by atoms with Crippen LogP contribution in [0.2, 0.25) is 0 Å². The van der Waals surface area contributed by atoms with Gasteiger partial charge in [-0.1, -0.05) is 12.1 Å². The number of ketones is 1. The first-order valence-electron chi connectivity index (χ1n) is 8.06. The Kier molecular flexibility index (Phi) is 5.41. The molecule has 0 unspecified atom stereocenters. The summed E-state index contributed by atoms with van der Waals surface area (Å²) < 4.78 is 0. The topological polar surface area (TPSA) is 139 Å². The summed E-state index contributed by atoms with van der Waals surface area (Å²) in [5.41, 5.74) is -1.65. The third kappa shape index (κ3) is 3.43. The van der Waals surface area contributed by atoms with Crippen molar-refractivity contribution in [2.24, 2.45) is 11.8 Å². The lowest BCUT2D eigenvalue weighted by atomic mass is 9.61. The Hall–Kier alpha value is -2.81. The molecule has 1 fully saturated rings. The van der Waals surface area contributed by atoms with E-state index in [4.69, 9.17) is 0 Å². The van der Waals surface area contributed by atoms with E-state index in [1.807, 2.05) is 0 Å². The van der Waals surface area contributed by atoms with Crippen molar-refractivity contribution >= 4 is 23.3 Å². The van der Waals surface area contributed by atoms with Gasteiger partial charge < -0.3 is 15.7 Å². The zero-order valence-electron chi connectivity index (χ0n) is 14.7. The van der Waals surface area contributed by atoms with Gasteiger partial charge in [0.05, 0.1) is 16.4 Å². The summed E-state index contributed by atoms with van der Waals surface area (Å²) in [5.74, 6) is -5.07. The second-order valence-corrected chi connectivity index (χ2v) is 6.56.